The highest BCUT2D eigenvalue weighted by molar-refractivity contribution is 5.58. The molecule has 1 saturated carbocycles. The van der Waals surface area contributed by atoms with Crippen LogP contribution in [0, 0.1) is 6.92 Å². The van der Waals surface area contributed by atoms with Crippen LogP contribution < -0.4 is 5.32 Å². The molecule has 0 bridgehead atoms. The number of benzene rings is 1. The van der Waals surface area contributed by atoms with Crippen LogP contribution in [0.2, 0.25) is 0 Å². The Morgan fingerprint density at radius 2 is 1.75 bits per heavy atom. The van der Waals surface area contributed by atoms with Gasteiger partial charge in [-0.05, 0) is 19.8 Å². The molecule has 0 amide bonds. The first kappa shape index (κ1) is 13.1. The molecule has 0 unspecified atom stereocenters. The van der Waals surface area contributed by atoms with Crippen molar-refractivity contribution in [3.05, 3.63) is 41.6 Å². The summed E-state index contributed by atoms with van der Waals surface area (Å²) in [6.45, 7) is 2.10. The van der Waals surface area contributed by atoms with Crippen LogP contribution >= 0.6 is 0 Å². The van der Waals surface area contributed by atoms with Crippen LogP contribution in [-0.4, -0.2) is 17.0 Å². The standard InChI is InChI=1S/C17H21N3/c1-12-7-9-14(10-8-12)17-19-15(11-16(18-2)20-17)13-5-3-4-6-13/h7-11,13H,3-6H2,1-2H3,(H,18,19,20). The fourth-order valence-electron chi connectivity index (χ4n) is 2.86. The van der Waals surface area contributed by atoms with Crippen molar-refractivity contribution in [3.8, 4) is 11.4 Å². The number of nitrogens with one attached hydrogen (secondary N) is 1. The minimum Gasteiger partial charge on any atom is -0.373 e. The quantitative estimate of drug-likeness (QED) is 0.907. The van der Waals surface area contributed by atoms with Crippen molar-refractivity contribution in [2.24, 2.45) is 0 Å². The molecule has 3 rings (SSSR count). The van der Waals surface area contributed by atoms with Crippen LogP contribution in [0.3, 0.4) is 0 Å². The summed E-state index contributed by atoms with van der Waals surface area (Å²) in [5.41, 5.74) is 3.54. The molecule has 1 aliphatic carbocycles. The van der Waals surface area contributed by atoms with Gasteiger partial charge in [0, 0.05) is 30.3 Å². The largest absolute Gasteiger partial charge is 0.373 e. The number of hydrogen-bond donors (Lipinski definition) is 1. The van der Waals surface area contributed by atoms with Gasteiger partial charge in [-0.25, -0.2) is 9.97 Å². The second-order valence-corrected chi connectivity index (χ2v) is 5.60. The molecule has 0 spiro atoms. The van der Waals surface area contributed by atoms with Gasteiger partial charge in [-0.15, -0.1) is 0 Å². The van der Waals surface area contributed by atoms with E-state index in [0.29, 0.717) is 5.92 Å². The summed E-state index contributed by atoms with van der Waals surface area (Å²) in [6.07, 6.45) is 5.16. The average Bonchev–Trinajstić information content (AvgIpc) is 3.02. The smallest absolute Gasteiger partial charge is 0.161 e. The number of nitrogens with zero attached hydrogens (tertiary/aromatic N) is 2. The molecule has 3 heteroatoms. The van der Waals surface area contributed by atoms with E-state index >= 15 is 0 Å². The lowest BCUT2D eigenvalue weighted by Gasteiger charge is -2.12. The van der Waals surface area contributed by atoms with Crippen molar-refractivity contribution < 1.29 is 0 Å². The van der Waals surface area contributed by atoms with E-state index in [9.17, 15) is 0 Å². The molecule has 1 aromatic heterocycles. The third-order valence-electron chi connectivity index (χ3n) is 4.09. The van der Waals surface area contributed by atoms with Crippen molar-refractivity contribution in [3.63, 3.8) is 0 Å². The minimum absolute atomic E-state index is 0.606. The molecule has 0 radical (unpaired) electrons. The third kappa shape index (κ3) is 2.67. The van der Waals surface area contributed by atoms with Crippen LogP contribution in [0.25, 0.3) is 11.4 Å². The summed E-state index contributed by atoms with van der Waals surface area (Å²) in [4.78, 5) is 9.41. The van der Waals surface area contributed by atoms with Crippen molar-refractivity contribution in [1.29, 1.82) is 0 Å². The van der Waals surface area contributed by atoms with E-state index in [1.807, 2.05) is 7.05 Å². The zero-order chi connectivity index (χ0) is 13.9. The van der Waals surface area contributed by atoms with Gasteiger partial charge in [-0.1, -0.05) is 42.7 Å². The molecule has 20 heavy (non-hydrogen) atoms. The summed E-state index contributed by atoms with van der Waals surface area (Å²) in [5.74, 6) is 2.35. The minimum atomic E-state index is 0.606. The van der Waals surface area contributed by atoms with Crippen molar-refractivity contribution in [2.45, 2.75) is 38.5 Å². The van der Waals surface area contributed by atoms with Gasteiger partial charge < -0.3 is 5.32 Å². The van der Waals surface area contributed by atoms with E-state index in [1.54, 1.807) is 0 Å². The van der Waals surface area contributed by atoms with Gasteiger partial charge in [0.2, 0.25) is 0 Å². The first-order valence-corrected chi connectivity index (χ1v) is 7.40. The maximum atomic E-state index is 4.81. The zero-order valence-electron chi connectivity index (χ0n) is 12.2. The monoisotopic (exact) mass is 267 g/mol. The molecule has 1 N–H and O–H groups in total. The fourth-order valence-corrected chi connectivity index (χ4v) is 2.86. The first-order chi connectivity index (χ1) is 9.76. The third-order valence-corrected chi connectivity index (χ3v) is 4.09. The Morgan fingerprint density at radius 3 is 2.40 bits per heavy atom. The summed E-state index contributed by atoms with van der Waals surface area (Å²) < 4.78 is 0. The van der Waals surface area contributed by atoms with E-state index in [4.69, 9.17) is 4.98 Å². The zero-order valence-corrected chi connectivity index (χ0v) is 12.2. The van der Waals surface area contributed by atoms with E-state index in [1.165, 1.54) is 36.9 Å². The van der Waals surface area contributed by atoms with E-state index in [2.05, 4.69) is 47.6 Å². The second-order valence-electron chi connectivity index (χ2n) is 5.60. The molecular weight excluding hydrogens is 246 g/mol. The van der Waals surface area contributed by atoms with Gasteiger partial charge in [0.25, 0.3) is 0 Å². The van der Waals surface area contributed by atoms with Crippen LogP contribution in [0.1, 0.15) is 42.9 Å². The lowest BCUT2D eigenvalue weighted by Crippen LogP contribution is -2.03. The van der Waals surface area contributed by atoms with Gasteiger partial charge >= 0.3 is 0 Å². The number of hydrogen-bond acceptors (Lipinski definition) is 3. The highest BCUT2D eigenvalue weighted by Gasteiger charge is 2.20. The van der Waals surface area contributed by atoms with Crippen LogP contribution in [0.4, 0.5) is 5.82 Å². The lowest BCUT2D eigenvalue weighted by molar-refractivity contribution is 0.696. The molecular formula is C17H21N3. The first-order valence-electron chi connectivity index (χ1n) is 7.40. The number of aromatic nitrogens is 2. The van der Waals surface area contributed by atoms with E-state index < -0.39 is 0 Å². The molecule has 0 aliphatic heterocycles. The van der Waals surface area contributed by atoms with Gasteiger partial charge in [-0.2, -0.15) is 0 Å². The number of aryl methyl sites for hydroxylation is 1. The average molecular weight is 267 g/mol. The van der Waals surface area contributed by atoms with Crippen LogP contribution in [0.15, 0.2) is 30.3 Å². The Bertz CT molecular complexity index is 584. The number of anilines is 1. The van der Waals surface area contributed by atoms with E-state index in [0.717, 1.165) is 17.2 Å². The maximum absolute atomic E-state index is 4.81. The Morgan fingerprint density at radius 1 is 1.05 bits per heavy atom. The predicted octanol–water partition coefficient (Wildman–Crippen LogP) is 4.15. The highest BCUT2D eigenvalue weighted by atomic mass is 15.0. The van der Waals surface area contributed by atoms with Crippen LogP contribution in [0.5, 0.6) is 0 Å². The Balaban J connectivity index is 2.01. The van der Waals surface area contributed by atoms with Gasteiger partial charge in [0.05, 0.1) is 0 Å². The summed E-state index contributed by atoms with van der Waals surface area (Å²) >= 11 is 0. The molecule has 1 heterocycles. The molecule has 104 valence electrons. The topological polar surface area (TPSA) is 37.8 Å². The molecule has 1 aliphatic rings. The summed E-state index contributed by atoms with van der Waals surface area (Å²) in [5, 5.41) is 3.16. The number of rotatable bonds is 3. The molecule has 3 nitrogen and oxygen atoms in total. The molecule has 2 aromatic rings. The molecule has 0 saturated heterocycles. The fraction of sp³-hybridized carbons (Fsp3) is 0.412. The molecule has 1 fully saturated rings. The van der Waals surface area contributed by atoms with Crippen molar-refractivity contribution in [1.82, 2.24) is 9.97 Å². The molecule has 0 atom stereocenters. The van der Waals surface area contributed by atoms with Crippen molar-refractivity contribution in [2.75, 3.05) is 12.4 Å². The second kappa shape index (κ2) is 5.61. The Kier molecular flexibility index (Phi) is 3.68. The predicted molar refractivity (Wildman–Crippen MR) is 83.0 cm³/mol. The van der Waals surface area contributed by atoms with Gasteiger partial charge in [0.15, 0.2) is 5.82 Å². The van der Waals surface area contributed by atoms with E-state index in [-0.39, 0.29) is 0 Å². The van der Waals surface area contributed by atoms with Gasteiger partial charge in [-0.3, -0.25) is 0 Å². The normalized spacial score (nSPS) is 15.5. The highest BCUT2D eigenvalue weighted by Crippen LogP contribution is 2.34. The Hall–Kier alpha value is -1.90. The Labute approximate surface area is 120 Å². The summed E-state index contributed by atoms with van der Waals surface area (Å²) in [7, 11) is 1.92. The lowest BCUT2D eigenvalue weighted by atomic mass is 10.0. The van der Waals surface area contributed by atoms with Crippen molar-refractivity contribution >= 4 is 5.82 Å². The SMILES string of the molecule is CNc1cc(C2CCCC2)nc(-c2ccc(C)cc2)n1. The van der Waals surface area contributed by atoms with Gasteiger partial charge in [0.1, 0.15) is 5.82 Å². The summed E-state index contributed by atoms with van der Waals surface area (Å²) in [6, 6.07) is 10.5. The molecule has 1 aromatic carbocycles. The maximum Gasteiger partial charge on any atom is 0.161 e. The van der Waals surface area contributed by atoms with Crippen LogP contribution in [-0.2, 0) is 0 Å².